The first-order valence-corrected chi connectivity index (χ1v) is 8.14. The van der Waals surface area contributed by atoms with Gasteiger partial charge in [0.25, 0.3) is 5.22 Å². The van der Waals surface area contributed by atoms with Crippen LogP contribution in [0.5, 0.6) is 17.2 Å². The molecule has 4 rings (SSSR count). The Morgan fingerprint density at radius 1 is 1.12 bits per heavy atom. The molecule has 1 aromatic heterocycles. The van der Waals surface area contributed by atoms with Crippen LogP contribution in [0, 0.1) is 0 Å². The number of carbonyl (C=O) groups is 1. The molecule has 0 amide bonds. The van der Waals surface area contributed by atoms with Gasteiger partial charge in [0.15, 0.2) is 11.5 Å². The van der Waals surface area contributed by atoms with Crippen LogP contribution in [0.1, 0.15) is 10.4 Å². The molecule has 8 heteroatoms. The van der Waals surface area contributed by atoms with Crippen LogP contribution in [0.3, 0.4) is 0 Å². The molecule has 25 heavy (non-hydrogen) atoms. The summed E-state index contributed by atoms with van der Waals surface area (Å²) in [4.78, 5) is 12.4. The predicted molar refractivity (Wildman–Crippen MR) is 89.0 cm³/mol. The van der Waals surface area contributed by atoms with Crippen LogP contribution in [0.2, 0.25) is 0 Å². The van der Waals surface area contributed by atoms with E-state index >= 15 is 0 Å². The fourth-order valence-corrected chi connectivity index (χ4v) is 2.89. The Morgan fingerprint density at radius 3 is 2.88 bits per heavy atom. The number of methoxy groups -OCH3 is 1. The molecule has 0 radical (unpaired) electrons. The summed E-state index contributed by atoms with van der Waals surface area (Å²) < 4.78 is 21.2. The number of hydrogen-bond acceptors (Lipinski definition) is 8. The van der Waals surface area contributed by atoms with Gasteiger partial charge in [0, 0.05) is 22.9 Å². The van der Waals surface area contributed by atoms with Gasteiger partial charge in [-0.15, -0.1) is 10.2 Å². The first kappa shape index (κ1) is 15.5. The first-order valence-electron chi connectivity index (χ1n) is 7.33. The van der Waals surface area contributed by atoms with Gasteiger partial charge in [0.1, 0.15) is 5.75 Å². The summed E-state index contributed by atoms with van der Waals surface area (Å²) in [6.07, 6.45) is 0. The zero-order valence-corrected chi connectivity index (χ0v) is 13.9. The average molecular weight is 356 g/mol. The van der Waals surface area contributed by atoms with E-state index in [2.05, 4.69) is 10.2 Å². The standard InChI is InChI=1S/C17H12N2O5S/c1-21-12-4-2-3-10(7-12)15-18-19-17(24-15)25-16(20)11-5-6-13-14(8-11)23-9-22-13/h2-8H,9H2,1H3. The molecule has 0 fully saturated rings. The molecule has 126 valence electrons. The maximum atomic E-state index is 12.4. The van der Waals surface area contributed by atoms with Crippen LogP contribution in [-0.4, -0.2) is 29.2 Å². The average Bonchev–Trinajstić information content (AvgIpc) is 3.30. The Labute approximate surface area is 146 Å². The zero-order chi connectivity index (χ0) is 17.2. The van der Waals surface area contributed by atoms with E-state index in [4.69, 9.17) is 18.6 Å². The van der Waals surface area contributed by atoms with E-state index in [1.54, 1.807) is 31.4 Å². The van der Waals surface area contributed by atoms with Gasteiger partial charge in [0.2, 0.25) is 17.8 Å². The van der Waals surface area contributed by atoms with Crippen LogP contribution < -0.4 is 14.2 Å². The quantitative estimate of drug-likeness (QED) is 0.658. The Hall–Kier alpha value is -3.00. The first-order chi connectivity index (χ1) is 12.2. The number of fused-ring (bicyclic) bond motifs is 1. The summed E-state index contributed by atoms with van der Waals surface area (Å²) in [5, 5.41) is 7.84. The summed E-state index contributed by atoms with van der Waals surface area (Å²) in [5.74, 6) is 2.18. The molecular weight excluding hydrogens is 344 g/mol. The molecule has 0 N–H and O–H groups in total. The molecule has 1 aliphatic heterocycles. The molecule has 2 aromatic carbocycles. The van der Waals surface area contributed by atoms with Crippen molar-refractivity contribution in [1.29, 1.82) is 0 Å². The van der Waals surface area contributed by atoms with Crippen LogP contribution >= 0.6 is 11.8 Å². The summed E-state index contributed by atoms with van der Waals surface area (Å²) in [5.41, 5.74) is 1.18. The van der Waals surface area contributed by atoms with E-state index in [1.807, 2.05) is 18.2 Å². The second kappa shape index (κ2) is 6.48. The maximum Gasteiger partial charge on any atom is 0.284 e. The summed E-state index contributed by atoms with van der Waals surface area (Å²) in [6, 6.07) is 12.2. The molecule has 7 nitrogen and oxygen atoms in total. The normalized spacial score (nSPS) is 12.2. The molecule has 3 aromatic rings. The summed E-state index contributed by atoms with van der Waals surface area (Å²) >= 11 is 0.861. The van der Waals surface area contributed by atoms with Crippen molar-refractivity contribution in [1.82, 2.24) is 10.2 Å². The highest BCUT2D eigenvalue weighted by atomic mass is 32.2. The third-order valence-electron chi connectivity index (χ3n) is 3.51. The van der Waals surface area contributed by atoms with Gasteiger partial charge >= 0.3 is 0 Å². The lowest BCUT2D eigenvalue weighted by atomic mass is 10.2. The molecule has 0 saturated carbocycles. The molecule has 0 aliphatic carbocycles. The third kappa shape index (κ3) is 3.16. The number of rotatable bonds is 4. The van der Waals surface area contributed by atoms with Gasteiger partial charge in [-0.1, -0.05) is 6.07 Å². The van der Waals surface area contributed by atoms with Crippen LogP contribution in [-0.2, 0) is 0 Å². The minimum atomic E-state index is -0.223. The van der Waals surface area contributed by atoms with Gasteiger partial charge in [-0.25, -0.2) is 0 Å². The maximum absolute atomic E-state index is 12.4. The lowest BCUT2D eigenvalue weighted by Gasteiger charge is -2.00. The van der Waals surface area contributed by atoms with Crippen molar-refractivity contribution in [2.75, 3.05) is 13.9 Å². The van der Waals surface area contributed by atoms with Gasteiger partial charge in [0.05, 0.1) is 7.11 Å². The van der Waals surface area contributed by atoms with E-state index in [0.717, 1.165) is 11.8 Å². The number of hydrogen-bond donors (Lipinski definition) is 0. The predicted octanol–water partition coefficient (Wildman–Crippen LogP) is 3.41. The van der Waals surface area contributed by atoms with Crippen molar-refractivity contribution in [3.63, 3.8) is 0 Å². The largest absolute Gasteiger partial charge is 0.497 e. The van der Waals surface area contributed by atoms with Crippen molar-refractivity contribution in [2.24, 2.45) is 0 Å². The van der Waals surface area contributed by atoms with E-state index in [1.165, 1.54) is 0 Å². The van der Waals surface area contributed by atoms with Crippen LogP contribution in [0.4, 0.5) is 0 Å². The molecule has 1 aliphatic rings. The van der Waals surface area contributed by atoms with Gasteiger partial charge in [-0.05, 0) is 36.4 Å². The van der Waals surface area contributed by atoms with E-state index in [9.17, 15) is 4.79 Å². The molecule has 0 spiro atoms. The lowest BCUT2D eigenvalue weighted by Crippen LogP contribution is -1.94. The van der Waals surface area contributed by atoms with E-state index in [-0.39, 0.29) is 17.1 Å². The van der Waals surface area contributed by atoms with Crippen molar-refractivity contribution in [3.8, 4) is 28.7 Å². The highest BCUT2D eigenvalue weighted by Gasteiger charge is 2.19. The van der Waals surface area contributed by atoms with Crippen LogP contribution in [0.15, 0.2) is 52.1 Å². The Kier molecular flexibility index (Phi) is 4.02. The minimum Gasteiger partial charge on any atom is -0.497 e. The van der Waals surface area contributed by atoms with Crippen LogP contribution in [0.25, 0.3) is 11.5 Å². The number of nitrogens with zero attached hydrogens (tertiary/aromatic N) is 2. The fraction of sp³-hybridized carbons (Fsp3) is 0.118. The molecule has 2 heterocycles. The SMILES string of the molecule is COc1cccc(-c2nnc(SC(=O)c3ccc4c(c3)OCO4)o2)c1. The monoisotopic (exact) mass is 356 g/mol. The van der Waals surface area contributed by atoms with Crippen molar-refractivity contribution in [3.05, 3.63) is 48.0 Å². The summed E-state index contributed by atoms with van der Waals surface area (Å²) in [6.45, 7) is 0.160. The Balaban J connectivity index is 1.51. The zero-order valence-electron chi connectivity index (χ0n) is 13.1. The molecule has 0 unspecified atom stereocenters. The number of aromatic nitrogens is 2. The topological polar surface area (TPSA) is 83.7 Å². The second-order valence-corrected chi connectivity index (χ2v) is 5.99. The van der Waals surface area contributed by atoms with Gasteiger partial charge < -0.3 is 18.6 Å². The van der Waals surface area contributed by atoms with Crippen molar-refractivity contribution in [2.45, 2.75) is 5.22 Å². The molecular formula is C17H12N2O5S. The highest BCUT2D eigenvalue weighted by molar-refractivity contribution is 8.14. The van der Waals surface area contributed by atoms with Gasteiger partial charge in [-0.2, -0.15) is 0 Å². The smallest absolute Gasteiger partial charge is 0.284 e. The Morgan fingerprint density at radius 2 is 2.00 bits per heavy atom. The fourth-order valence-electron chi connectivity index (χ4n) is 2.29. The van der Waals surface area contributed by atoms with E-state index < -0.39 is 0 Å². The number of benzene rings is 2. The van der Waals surface area contributed by atoms with Crippen molar-refractivity contribution < 1.29 is 23.4 Å². The second-order valence-electron chi connectivity index (χ2n) is 5.06. The summed E-state index contributed by atoms with van der Waals surface area (Å²) in [7, 11) is 1.58. The number of carbonyl (C=O) groups excluding carboxylic acids is 1. The highest BCUT2D eigenvalue weighted by Crippen LogP contribution is 2.34. The van der Waals surface area contributed by atoms with Gasteiger partial charge in [-0.3, -0.25) is 4.79 Å². The number of thioether (sulfide) groups is 1. The number of ether oxygens (including phenoxy) is 3. The molecule has 0 atom stereocenters. The van der Waals surface area contributed by atoms with E-state index in [0.29, 0.717) is 34.3 Å². The lowest BCUT2D eigenvalue weighted by molar-refractivity contribution is 0.108. The minimum absolute atomic E-state index is 0.160. The molecule has 0 bridgehead atoms. The third-order valence-corrected chi connectivity index (χ3v) is 4.27. The molecule has 0 saturated heterocycles. The Bertz CT molecular complexity index is 940. The van der Waals surface area contributed by atoms with Crippen molar-refractivity contribution >= 4 is 16.9 Å².